The lowest BCUT2D eigenvalue weighted by atomic mass is 10.1. The van der Waals surface area contributed by atoms with Crippen molar-refractivity contribution >= 4 is 29.4 Å². The Hall–Kier alpha value is -4.67. The normalized spacial score (nSPS) is 11.3. The van der Waals surface area contributed by atoms with Crippen molar-refractivity contribution in [2.45, 2.75) is 51.1 Å². The van der Waals surface area contributed by atoms with Crippen LogP contribution >= 0.6 is 0 Å². The number of carbonyl (C=O) groups is 2. The van der Waals surface area contributed by atoms with Gasteiger partial charge in [-0.05, 0) is 85.5 Å². The summed E-state index contributed by atoms with van der Waals surface area (Å²) in [6.07, 6.45) is 2.25. The Morgan fingerprint density at radius 1 is 0.682 bits per heavy atom. The smallest absolute Gasteiger partial charge is 0.389 e. The Kier molecular flexibility index (Phi) is 13.4. The van der Waals surface area contributed by atoms with Gasteiger partial charge in [0.05, 0.1) is 25.4 Å². The number of hydrogen-bond donors (Lipinski definition) is 2. The fraction of sp³-hybridized carbons (Fsp3) is 0.333. The summed E-state index contributed by atoms with van der Waals surface area (Å²) in [4.78, 5) is 24.2. The molecule has 0 aliphatic rings. The number of rotatable bonds is 17. The molecule has 0 spiro atoms. The van der Waals surface area contributed by atoms with Crippen LogP contribution in [0.25, 0.3) is 6.08 Å². The Labute approximate surface area is 254 Å². The number of benzene rings is 3. The largest absolute Gasteiger partial charge is 0.494 e. The Morgan fingerprint density at radius 2 is 1.20 bits per heavy atom. The molecular weight excluding hydrogens is 577 g/mol. The molecule has 0 unspecified atom stereocenters. The van der Waals surface area contributed by atoms with E-state index in [2.05, 4.69) is 0 Å². The van der Waals surface area contributed by atoms with Gasteiger partial charge in [-0.3, -0.25) is 0 Å². The lowest BCUT2D eigenvalue weighted by molar-refractivity contribution is -0.136. The third-order valence-corrected chi connectivity index (χ3v) is 6.21. The number of esters is 2. The summed E-state index contributed by atoms with van der Waals surface area (Å²) < 4.78 is 58.1. The number of carbonyl (C=O) groups excluding carboxylic acids is 2. The van der Waals surface area contributed by atoms with Crippen LogP contribution in [-0.4, -0.2) is 37.9 Å². The SMILES string of the molecule is Nc1cc(N)cc(C(=O)OCCCCCCCOc2ccc(/C=C/C(=O)Oc3ccc(OCCCC(F)(F)F)cc3)cc2)c1. The number of alkyl halides is 3. The molecule has 0 bridgehead atoms. The molecule has 44 heavy (non-hydrogen) atoms. The number of hydrogen-bond acceptors (Lipinski definition) is 8. The van der Waals surface area contributed by atoms with Gasteiger partial charge in [0.2, 0.25) is 0 Å². The molecule has 0 radical (unpaired) electrons. The van der Waals surface area contributed by atoms with Crippen molar-refractivity contribution < 1.29 is 41.7 Å². The van der Waals surface area contributed by atoms with Gasteiger partial charge in [-0.1, -0.05) is 31.4 Å². The summed E-state index contributed by atoms with van der Waals surface area (Å²) in [6, 6.07) is 18.0. The monoisotopic (exact) mass is 614 g/mol. The summed E-state index contributed by atoms with van der Waals surface area (Å²) >= 11 is 0. The summed E-state index contributed by atoms with van der Waals surface area (Å²) in [6.45, 7) is 0.853. The van der Waals surface area contributed by atoms with Crippen LogP contribution in [0.3, 0.4) is 0 Å². The molecule has 0 fully saturated rings. The highest BCUT2D eigenvalue weighted by Crippen LogP contribution is 2.23. The van der Waals surface area contributed by atoms with Crippen LogP contribution in [0.4, 0.5) is 24.5 Å². The van der Waals surface area contributed by atoms with Crippen LogP contribution in [0.1, 0.15) is 60.9 Å². The highest BCUT2D eigenvalue weighted by Gasteiger charge is 2.26. The maximum atomic E-state index is 12.2. The molecule has 11 heteroatoms. The van der Waals surface area contributed by atoms with Crippen LogP contribution in [-0.2, 0) is 9.53 Å². The third-order valence-electron chi connectivity index (χ3n) is 6.21. The zero-order valence-electron chi connectivity index (χ0n) is 24.3. The minimum absolute atomic E-state index is 0.0586. The molecular formula is C33H37F3N2O6. The van der Waals surface area contributed by atoms with Crippen molar-refractivity contribution in [3.63, 3.8) is 0 Å². The Bertz CT molecular complexity index is 1340. The van der Waals surface area contributed by atoms with Crippen LogP contribution in [0.5, 0.6) is 17.2 Å². The number of unbranched alkanes of at least 4 members (excludes halogenated alkanes) is 4. The van der Waals surface area contributed by atoms with Crippen LogP contribution in [0, 0.1) is 0 Å². The predicted octanol–water partition coefficient (Wildman–Crippen LogP) is 7.38. The first kappa shape index (κ1) is 33.8. The molecule has 0 amide bonds. The summed E-state index contributed by atoms with van der Waals surface area (Å²) in [5.41, 5.74) is 13.4. The van der Waals surface area contributed by atoms with E-state index in [1.165, 1.54) is 30.3 Å². The lowest BCUT2D eigenvalue weighted by Gasteiger charge is -2.08. The van der Waals surface area contributed by atoms with Gasteiger partial charge in [0, 0.05) is 23.9 Å². The molecule has 8 nitrogen and oxygen atoms in total. The molecule has 0 atom stereocenters. The van der Waals surface area contributed by atoms with Gasteiger partial charge < -0.3 is 30.4 Å². The molecule has 236 valence electrons. The lowest BCUT2D eigenvalue weighted by Crippen LogP contribution is -2.09. The van der Waals surface area contributed by atoms with E-state index in [9.17, 15) is 22.8 Å². The van der Waals surface area contributed by atoms with E-state index in [0.717, 1.165) is 43.4 Å². The zero-order chi connectivity index (χ0) is 31.8. The van der Waals surface area contributed by atoms with E-state index < -0.39 is 24.5 Å². The van der Waals surface area contributed by atoms with Crippen molar-refractivity contribution in [2.75, 3.05) is 31.3 Å². The molecule has 0 saturated carbocycles. The molecule has 0 aliphatic carbocycles. The Morgan fingerprint density at radius 3 is 1.82 bits per heavy atom. The maximum absolute atomic E-state index is 12.2. The van der Waals surface area contributed by atoms with E-state index >= 15 is 0 Å². The van der Waals surface area contributed by atoms with Crippen molar-refractivity contribution in [1.82, 2.24) is 0 Å². The highest BCUT2D eigenvalue weighted by atomic mass is 19.4. The first-order valence-electron chi connectivity index (χ1n) is 14.3. The highest BCUT2D eigenvalue weighted by molar-refractivity contribution is 5.91. The van der Waals surface area contributed by atoms with E-state index in [1.54, 1.807) is 24.3 Å². The maximum Gasteiger partial charge on any atom is 0.389 e. The van der Waals surface area contributed by atoms with Gasteiger partial charge in [0.25, 0.3) is 0 Å². The molecule has 0 heterocycles. The molecule has 3 rings (SSSR count). The van der Waals surface area contributed by atoms with Gasteiger partial charge in [-0.25, -0.2) is 9.59 Å². The molecule has 0 saturated heterocycles. The number of anilines is 2. The van der Waals surface area contributed by atoms with E-state index in [1.807, 2.05) is 24.3 Å². The van der Waals surface area contributed by atoms with Crippen molar-refractivity contribution in [2.24, 2.45) is 0 Å². The first-order chi connectivity index (χ1) is 21.1. The second-order valence-electron chi connectivity index (χ2n) is 10.0. The van der Waals surface area contributed by atoms with Crippen molar-refractivity contribution in [3.8, 4) is 17.2 Å². The third kappa shape index (κ3) is 13.5. The van der Waals surface area contributed by atoms with Gasteiger partial charge in [0.1, 0.15) is 17.2 Å². The second kappa shape index (κ2) is 17.4. The van der Waals surface area contributed by atoms with Gasteiger partial charge in [-0.2, -0.15) is 13.2 Å². The number of halogens is 3. The van der Waals surface area contributed by atoms with E-state index in [0.29, 0.717) is 35.9 Å². The van der Waals surface area contributed by atoms with Gasteiger partial charge in [-0.15, -0.1) is 0 Å². The van der Waals surface area contributed by atoms with Crippen LogP contribution in [0.15, 0.2) is 72.8 Å². The summed E-state index contributed by atoms with van der Waals surface area (Å²) in [7, 11) is 0. The van der Waals surface area contributed by atoms with E-state index in [4.69, 9.17) is 30.4 Å². The topological polar surface area (TPSA) is 123 Å². The summed E-state index contributed by atoms with van der Waals surface area (Å²) in [5.74, 6) is 0.392. The zero-order valence-corrected chi connectivity index (χ0v) is 24.3. The average Bonchev–Trinajstić information content (AvgIpc) is 2.97. The molecule has 4 N–H and O–H groups in total. The van der Waals surface area contributed by atoms with Crippen molar-refractivity contribution in [3.05, 3.63) is 83.9 Å². The van der Waals surface area contributed by atoms with E-state index in [-0.39, 0.29) is 18.8 Å². The van der Waals surface area contributed by atoms with Crippen LogP contribution in [0.2, 0.25) is 0 Å². The number of nitrogens with two attached hydrogens (primary N) is 2. The second-order valence-corrected chi connectivity index (χ2v) is 10.0. The average molecular weight is 615 g/mol. The molecule has 3 aromatic rings. The summed E-state index contributed by atoms with van der Waals surface area (Å²) in [5, 5.41) is 0. The standard InChI is InChI=1S/C33H37F3N2O6/c34-33(35,36)17-6-20-42-29-12-14-30(15-13-29)44-31(39)16-9-24-7-10-28(11-8-24)41-18-4-2-1-3-5-19-43-32(40)25-21-26(37)23-27(38)22-25/h7-16,21-23H,1-6,17-20,37-38H2/b16-9+. The number of nitrogen functional groups attached to an aromatic ring is 2. The molecule has 0 aliphatic heterocycles. The van der Waals surface area contributed by atoms with Gasteiger partial charge >= 0.3 is 18.1 Å². The van der Waals surface area contributed by atoms with Crippen molar-refractivity contribution in [1.29, 1.82) is 0 Å². The molecule has 0 aromatic heterocycles. The first-order valence-corrected chi connectivity index (χ1v) is 14.3. The molecule has 3 aromatic carbocycles. The number of ether oxygens (including phenoxy) is 4. The fourth-order valence-electron chi connectivity index (χ4n) is 4.02. The minimum atomic E-state index is -4.20. The predicted molar refractivity (Wildman–Crippen MR) is 162 cm³/mol. The Balaban J connectivity index is 1.24. The van der Waals surface area contributed by atoms with Crippen LogP contribution < -0.4 is 25.7 Å². The fourth-order valence-corrected chi connectivity index (χ4v) is 4.02. The van der Waals surface area contributed by atoms with Gasteiger partial charge in [0.15, 0.2) is 0 Å². The minimum Gasteiger partial charge on any atom is -0.494 e. The quantitative estimate of drug-likeness (QED) is 0.0531.